The summed E-state index contributed by atoms with van der Waals surface area (Å²) in [5, 5.41) is 8.55. The molecule has 1 N–H and O–H groups in total. The number of hydrogen-bond acceptors (Lipinski definition) is 2. The predicted molar refractivity (Wildman–Crippen MR) is 63.5 cm³/mol. The summed E-state index contributed by atoms with van der Waals surface area (Å²) in [6, 6.07) is 7.41. The molecule has 0 atom stereocenters. The van der Waals surface area contributed by atoms with Gasteiger partial charge < -0.3 is 9.84 Å². The van der Waals surface area contributed by atoms with Gasteiger partial charge in [-0.05, 0) is 18.6 Å². The van der Waals surface area contributed by atoms with Crippen molar-refractivity contribution in [1.82, 2.24) is 0 Å². The molecule has 3 nitrogen and oxygen atoms in total. The van der Waals surface area contributed by atoms with Gasteiger partial charge in [-0.3, -0.25) is 0 Å². The first kappa shape index (κ1) is 12.3. The van der Waals surface area contributed by atoms with E-state index in [2.05, 4.69) is 6.92 Å². The second-order valence-corrected chi connectivity index (χ2v) is 3.41. The fourth-order valence-corrected chi connectivity index (χ4v) is 1.24. The molecule has 3 heteroatoms. The second kappa shape index (κ2) is 6.67. The molecular weight excluding hydrogens is 204 g/mol. The number of rotatable bonds is 6. The SMILES string of the molecule is CCCCOc1ccccc1C=CC(=O)O. The van der Waals surface area contributed by atoms with Crippen LogP contribution in [0.1, 0.15) is 25.3 Å². The lowest BCUT2D eigenvalue weighted by Gasteiger charge is -2.07. The number of para-hydroxylation sites is 1. The van der Waals surface area contributed by atoms with Crippen molar-refractivity contribution in [3.8, 4) is 5.75 Å². The molecule has 0 unspecified atom stereocenters. The van der Waals surface area contributed by atoms with E-state index in [0.717, 1.165) is 30.2 Å². The third kappa shape index (κ3) is 4.17. The van der Waals surface area contributed by atoms with Crippen molar-refractivity contribution < 1.29 is 14.6 Å². The highest BCUT2D eigenvalue weighted by Gasteiger charge is 1.99. The molecule has 1 rings (SSSR count). The Morgan fingerprint density at radius 3 is 2.88 bits per heavy atom. The maximum atomic E-state index is 10.4. The first-order valence-corrected chi connectivity index (χ1v) is 5.37. The normalized spacial score (nSPS) is 10.6. The lowest BCUT2D eigenvalue weighted by Crippen LogP contribution is -1.98. The summed E-state index contributed by atoms with van der Waals surface area (Å²) < 4.78 is 5.57. The standard InChI is InChI=1S/C13H16O3/c1-2-3-10-16-12-7-5-4-6-11(12)8-9-13(14)15/h4-9H,2-3,10H2,1H3,(H,14,15). The second-order valence-electron chi connectivity index (χ2n) is 3.41. The van der Waals surface area contributed by atoms with Crippen LogP contribution in [0, 0.1) is 0 Å². The van der Waals surface area contributed by atoms with E-state index in [4.69, 9.17) is 9.84 Å². The van der Waals surface area contributed by atoms with Crippen molar-refractivity contribution in [3.05, 3.63) is 35.9 Å². The minimum atomic E-state index is -0.955. The van der Waals surface area contributed by atoms with Gasteiger partial charge in [0.1, 0.15) is 5.75 Å². The van der Waals surface area contributed by atoms with Crippen LogP contribution in [0.5, 0.6) is 5.75 Å². The topological polar surface area (TPSA) is 46.5 Å². The van der Waals surface area contributed by atoms with E-state index >= 15 is 0 Å². The van der Waals surface area contributed by atoms with Crippen LogP contribution < -0.4 is 4.74 Å². The third-order valence-electron chi connectivity index (χ3n) is 2.08. The van der Waals surface area contributed by atoms with Crippen molar-refractivity contribution in [2.75, 3.05) is 6.61 Å². The summed E-state index contributed by atoms with van der Waals surface area (Å²) in [7, 11) is 0. The highest BCUT2D eigenvalue weighted by molar-refractivity contribution is 5.85. The quantitative estimate of drug-likeness (QED) is 0.592. The molecular formula is C13H16O3. The van der Waals surface area contributed by atoms with Gasteiger partial charge in [-0.2, -0.15) is 0 Å². The van der Waals surface area contributed by atoms with E-state index in [-0.39, 0.29) is 0 Å². The van der Waals surface area contributed by atoms with Gasteiger partial charge in [0.05, 0.1) is 6.61 Å². The summed E-state index contributed by atoms with van der Waals surface area (Å²) in [6.07, 6.45) is 4.73. The summed E-state index contributed by atoms with van der Waals surface area (Å²) >= 11 is 0. The molecule has 0 amide bonds. The Morgan fingerprint density at radius 1 is 1.44 bits per heavy atom. The third-order valence-corrected chi connectivity index (χ3v) is 2.08. The minimum absolute atomic E-state index is 0.661. The Morgan fingerprint density at radius 2 is 2.19 bits per heavy atom. The predicted octanol–water partition coefficient (Wildman–Crippen LogP) is 2.96. The monoisotopic (exact) mass is 220 g/mol. The highest BCUT2D eigenvalue weighted by atomic mass is 16.5. The molecule has 0 saturated carbocycles. The van der Waals surface area contributed by atoms with Gasteiger partial charge in [0.2, 0.25) is 0 Å². The number of unbranched alkanes of at least 4 members (excludes halogenated alkanes) is 1. The van der Waals surface area contributed by atoms with Gasteiger partial charge in [-0.1, -0.05) is 31.5 Å². The van der Waals surface area contributed by atoms with Crippen LogP contribution in [0.15, 0.2) is 30.3 Å². The molecule has 1 aromatic carbocycles. The lowest BCUT2D eigenvalue weighted by atomic mass is 10.2. The molecule has 0 aliphatic carbocycles. The van der Waals surface area contributed by atoms with Crippen LogP contribution in [0.4, 0.5) is 0 Å². The molecule has 16 heavy (non-hydrogen) atoms. The van der Waals surface area contributed by atoms with Gasteiger partial charge in [0.25, 0.3) is 0 Å². The zero-order valence-electron chi connectivity index (χ0n) is 9.35. The summed E-state index contributed by atoms with van der Waals surface area (Å²) in [4.78, 5) is 10.4. The van der Waals surface area contributed by atoms with Crippen LogP contribution in [0.2, 0.25) is 0 Å². The fraction of sp³-hybridized carbons (Fsp3) is 0.308. The van der Waals surface area contributed by atoms with Gasteiger partial charge in [0, 0.05) is 11.6 Å². The van der Waals surface area contributed by atoms with E-state index in [9.17, 15) is 4.79 Å². The van der Waals surface area contributed by atoms with E-state index in [1.807, 2.05) is 24.3 Å². The Labute approximate surface area is 95.4 Å². The zero-order chi connectivity index (χ0) is 11.8. The number of hydrogen-bond donors (Lipinski definition) is 1. The molecule has 86 valence electrons. The van der Waals surface area contributed by atoms with Gasteiger partial charge in [-0.25, -0.2) is 4.79 Å². The van der Waals surface area contributed by atoms with Crippen molar-refractivity contribution in [2.45, 2.75) is 19.8 Å². The first-order valence-electron chi connectivity index (χ1n) is 5.37. The maximum absolute atomic E-state index is 10.4. The van der Waals surface area contributed by atoms with Crippen LogP contribution in [0.3, 0.4) is 0 Å². The van der Waals surface area contributed by atoms with Gasteiger partial charge in [-0.15, -0.1) is 0 Å². The molecule has 0 aliphatic rings. The molecule has 0 radical (unpaired) electrons. The number of aliphatic carboxylic acids is 1. The lowest BCUT2D eigenvalue weighted by molar-refractivity contribution is -0.131. The van der Waals surface area contributed by atoms with E-state index in [1.165, 1.54) is 0 Å². The average molecular weight is 220 g/mol. The van der Waals surface area contributed by atoms with E-state index < -0.39 is 5.97 Å². The Balaban J connectivity index is 2.71. The minimum Gasteiger partial charge on any atom is -0.493 e. The average Bonchev–Trinajstić information content (AvgIpc) is 2.28. The van der Waals surface area contributed by atoms with Crippen LogP contribution in [-0.2, 0) is 4.79 Å². The van der Waals surface area contributed by atoms with Crippen LogP contribution >= 0.6 is 0 Å². The van der Waals surface area contributed by atoms with E-state index in [0.29, 0.717) is 6.61 Å². The maximum Gasteiger partial charge on any atom is 0.328 e. The smallest absolute Gasteiger partial charge is 0.328 e. The van der Waals surface area contributed by atoms with Crippen molar-refractivity contribution >= 4 is 12.0 Å². The summed E-state index contributed by atoms with van der Waals surface area (Å²) in [6.45, 7) is 2.76. The largest absolute Gasteiger partial charge is 0.493 e. The van der Waals surface area contributed by atoms with Crippen LogP contribution in [-0.4, -0.2) is 17.7 Å². The summed E-state index contributed by atoms with van der Waals surface area (Å²) in [5.74, 6) is -0.225. The highest BCUT2D eigenvalue weighted by Crippen LogP contribution is 2.19. The van der Waals surface area contributed by atoms with Crippen molar-refractivity contribution in [3.63, 3.8) is 0 Å². The molecule has 0 fully saturated rings. The van der Waals surface area contributed by atoms with Crippen molar-refractivity contribution in [2.24, 2.45) is 0 Å². The van der Waals surface area contributed by atoms with Gasteiger partial charge in [0.15, 0.2) is 0 Å². The molecule has 0 aliphatic heterocycles. The summed E-state index contributed by atoms with van der Waals surface area (Å²) in [5.41, 5.74) is 0.793. The number of carboxylic acids is 1. The number of benzene rings is 1. The van der Waals surface area contributed by atoms with Crippen molar-refractivity contribution in [1.29, 1.82) is 0 Å². The van der Waals surface area contributed by atoms with Crippen LogP contribution in [0.25, 0.3) is 6.08 Å². The van der Waals surface area contributed by atoms with E-state index in [1.54, 1.807) is 6.08 Å². The molecule has 0 bridgehead atoms. The zero-order valence-corrected chi connectivity index (χ0v) is 9.35. The molecule has 0 heterocycles. The molecule has 1 aromatic rings. The first-order chi connectivity index (χ1) is 7.74. The molecule has 0 aromatic heterocycles. The Hall–Kier alpha value is -1.77. The number of carboxylic acid groups (broad SMARTS) is 1. The molecule has 0 saturated heterocycles. The van der Waals surface area contributed by atoms with Gasteiger partial charge >= 0.3 is 5.97 Å². The molecule has 0 spiro atoms. The fourth-order valence-electron chi connectivity index (χ4n) is 1.24. The Kier molecular flexibility index (Phi) is 5.12. The number of carbonyl (C=O) groups is 1. The Bertz CT molecular complexity index is 369. The number of ether oxygens (including phenoxy) is 1.